The van der Waals surface area contributed by atoms with Gasteiger partial charge in [-0.05, 0) is 38.4 Å². The van der Waals surface area contributed by atoms with E-state index in [-0.39, 0.29) is 12.8 Å². The Bertz CT molecular complexity index is 441. The first-order chi connectivity index (χ1) is 12.1. The molecular formula is C18H37N5O3. The molecule has 0 aromatic carbocycles. The molecule has 8 nitrogen and oxygen atoms in total. The molecule has 0 saturated heterocycles. The minimum Gasteiger partial charge on any atom is -0.481 e. The van der Waals surface area contributed by atoms with Gasteiger partial charge >= 0.3 is 12.2 Å². The lowest BCUT2D eigenvalue weighted by molar-refractivity contribution is -0.143. The first-order valence-electron chi connectivity index (χ1n) is 9.30. The number of carboxylic acids is 1. The highest BCUT2D eigenvalue weighted by atomic mass is 16.4. The fourth-order valence-corrected chi connectivity index (χ4v) is 2.58. The number of aliphatic carboxylic acids is 1. The van der Waals surface area contributed by atoms with Gasteiger partial charge in [-0.2, -0.15) is 4.79 Å². The van der Waals surface area contributed by atoms with Gasteiger partial charge in [-0.25, -0.2) is 0 Å². The summed E-state index contributed by atoms with van der Waals surface area (Å²) in [6, 6.07) is -1.14. The second kappa shape index (κ2) is 15.6. The molecule has 5 N–H and O–H groups in total. The molecule has 0 spiro atoms. The molecule has 8 heteroatoms. The van der Waals surface area contributed by atoms with Crippen LogP contribution in [-0.4, -0.2) is 64.5 Å². The van der Waals surface area contributed by atoms with Crippen LogP contribution in [0.4, 0.5) is 0 Å². The van der Waals surface area contributed by atoms with Crippen LogP contribution in [-0.2, 0) is 9.59 Å². The number of nitrogens with zero attached hydrogens (tertiary/aromatic N) is 3. The monoisotopic (exact) mass is 371 g/mol. The van der Waals surface area contributed by atoms with Crippen molar-refractivity contribution in [2.75, 3.05) is 19.6 Å². The maximum Gasteiger partial charge on any atom is 0.323 e. The van der Waals surface area contributed by atoms with E-state index in [9.17, 15) is 9.59 Å². The summed E-state index contributed by atoms with van der Waals surface area (Å²) in [5, 5.41) is 9.14. The number of ketones is 1. The van der Waals surface area contributed by atoms with Gasteiger partial charge in [-0.1, -0.05) is 34.6 Å². The van der Waals surface area contributed by atoms with Crippen molar-refractivity contribution in [3.8, 4) is 0 Å². The maximum atomic E-state index is 11.2. The number of carbonyl (C=O) groups excluding carboxylic acids is 1. The van der Waals surface area contributed by atoms with Crippen LogP contribution < -0.4 is 11.5 Å². The van der Waals surface area contributed by atoms with Crippen molar-refractivity contribution in [3.63, 3.8) is 0 Å². The Morgan fingerprint density at radius 1 is 1.15 bits per heavy atom. The lowest BCUT2D eigenvalue weighted by Gasteiger charge is -2.26. The molecule has 0 aliphatic rings. The van der Waals surface area contributed by atoms with Crippen LogP contribution in [0.15, 0.2) is 0 Å². The molecule has 0 fully saturated rings. The average molecular weight is 372 g/mol. The number of carboxylic acid groups (broad SMARTS) is 1. The summed E-state index contributed by atoms with van der Waals surface area (Å²) >= 11 is 0. The third-order valence-corrected chi connectivity index (χ3v) is 4.26. The van der Waals surface area contributed by atoms with Crippen molar-refractivity contribution in [1.29, 1.82) is 0 Å². The minimum absolute atomic E-state index is 0.0386. The molecule has 0 aromatic rings. The largest absolute Gasteiger partial charge is 0.481 e. The second-order valence-electron chi connectivity index (χ2n) is 6.68. The van der Waals surface area contributed by atoms with Crippen molar-refractivity contribution in [2.24, 2.45) is 23.3 Å². The van der Waals surface area contributed by atoms with Gasteiger partial charge in [-0.3, -0.25) is 9.59 Å². The van der Waals surface area contributed by atoms with E-state index in [0.29, 0.717) is 12.3 Å². The molecule has 3 unspecified atom stereocenters. The number of rotatable bonds is 12. The summed E-state index contributed by atoms with van der Waals surface area (Å²) in [6.07, 6.45) is 1.41. The third-order valence-electron chi connectivity index (χ3n) is 4.26. The predicted octanol–water partition coefficient (Wildman–Crippen LogP) is 1.39. The van der Waals surface area contributed by atoms with Crippen molar-refractivity contribution in [2.45, 2.75) is 66.0 Å². The highest BCUT2D eigenvalue weighted by Crippen LogP contribution is 2.16. The van der Waals surface area contributed by atoms with Crippen LogP contribution in [0.25, 0.3) is 5.53 Å². The summed E-state index contributed by atoms with van der Waals surface area (Å²) in [7, 11) is 0. The molecule has 0 bridgehead atoms. The van der Waals surface area contributed by atoms with Gasteiger partial charge in [0.1, 0.15) is 0 Å². The molecule has 0 heterocycles. The van der Waals surface area contributed by atoms with Crippen molar-refractivity contribution >= 4 is 18.0 Å². The number of hydrogen-bond donors (Lipinski definition) is 3. The van der Waals surface area contributed by atoms with Gasteiger partial charge in [-0.15, -0.1) is 0 Å². The lowest BCUT2D eigenvalue weighted by Crippen LogP contribution is -2.49. The molecule has 3 atom stereocenters. The Labute approximate surface area is 157 Å². The van der Waals surface area contributed by atoms with Crippen molar-refractivity contribution < 1.29 is 19.5 Å². The average Bonchev–Trinajstić information content (AvgIpc) is 2.56. The van der Waals surface area contributed by atoms with E-state index in [1.165, 1.54) is 19.6 Å². The number of hydrogen-bond acceptors (Lipinski definition) is 5. The normalized spacial score (nSPS) is 14.0. The Kier molecular flexibility index (Phi) is 16.0. The van der Waals surface area contributed by atoms with Crippen LogP contribution in [0.1, 0.15) is 53.9 Å². The Balaban J connectivity index is 0. The van der Waals surface area contributed by atoms with E-state index in [1.54, 1.807) is 0 Å². The highest BCUT2D eigenvalue weighted by Gasteiger charge is 2.30. The fourth-order valence-electron chi connectivity index (χ4n) is 2.58. The van der Waals surface area contributed by atoms with Crippen molar-refractivity contribution in [1.82, 2.24) is 4.90 Å². The minimum atomic E-state index is -1.07. The first kappa shape index (κ1) is 26.6. The van der Waals surface area contributed by atoms with Crippen LogP contribution in [0, 0.1) is 11.8 Å². The van der Waals surface area contributed by atoms with Gasteiger partial charge in [0.2, 0.25) is 5.78 Å². The zero-order valence-electron chi connectivity index (χ0n) is 16.9. The number of nitrogens with two attached hydrogens (primary N) is 2. The smallest absolute Gasteiger partial charge is 0.323 e. The van der Waals surface area contributed by atoms with Crippen LogP contribution >= 0.6 is 0 Å². The molecule has 0 radical (unpaired) electrons. The van der Waals surface area contributed by atoms with Gasteiger partial charge in [0.15, 0.2) is 0 Å². The molecule has 0 aliphatic carbocycles. The van der Waals surface area contributed by atoms with E-state index < -0.39 is 29.8 Å². The van der Waals surface area contributed by atoms with Crippen LogP contribution in [0.3, 0.4) is 0 Å². The van der Waals surface area contributed by atoms with Crippen LogP contribution in [0.5, 0.6) is 0 Å². The molecule has 0 saturated carbocycles. The second-order valence-corrected chi connectivity index (χ2v) is 6.68. The number of carbonyl (C=O) groups is 2. The lowest BCUT2D eigenvalue weighted by atomic mass is 9.86. The van der Waals surface area contributed by atoms with Gasteiger partial charge in [0.05, 0.1) is 5.92 Å². The Morgan fingerprint density at radius 2 is 1.65 bits per heavy atom. The Hall–Kier alpha value is -1.60. The third kappa shape index (κ3) is 12.7. The summed E-state index contributed by atoms with van der Waals surface area (Å²) in [5.74, 6) is -2.08. The molecule has 26 heavy (non-hydrogen) atoms. The van der Waals surface area contributed by atoms with Crippen molar-refractivity contribution in [3.05, 3.63) is 5.53 Å². The first-order valence-corrected chi connectivity index (χ1v) is 9.30. The molecule has 152 valence electrons. The van der Waals surface area contributed by atoms with E-state index in [4.69, 9.17) is 22.1 Å². The summed E-state index contributed by atoms with van der Waals surface area (Å²) in [6.45, 7) is 14.1. The highest BCUT2D eigenvalue weighted by molar-refractivity contribution is 6.25. The predicted molar refractivity (Wildman–Crippen MR) is 104 cm³/mol. The molecule has 0 aliphatic heterocycles. The van der Waals surface area contributed by atoms with E-state index in [0.717, 1.165) is 6.21 Å². The Morgan fingerprint density at radius 3 is 1.96 bits per heavy atom. The summed E-state index contributed by atoms with van der Waals surface area (Å²) in [5.41, 5.74) is 19.9. The summed E-state index contributed by atoms with van der Waals surface area (Å²) < 4.78 is 0. The molecule has 0 rings (SSSR count). The standard InChI is InChI=1S/C12H22N4O3.C6H15N/c1-7(2)5-10(13)11(14)9(12(18)19)4-3-8(17)6-16-15;1-4-7(5-2)6-3/h6-7,9-11H,3-5,13-14H2,1-2H3,(H,18,19);4-6H2,1-3H3. The molecule has 0 aromatic heterocycles. The summed E-state index contributed by atoms with van der Waals surface area (Å²) in [4.78, 5) is 27.3. The van der Waals surface area contributed by atoms with E-state index in [2.05, 4.69) is 30.5 Å². The van der Waals surface area contributed by atoms with Gasteiger partial charge in [0.25, 0.3) is 0 Å². The van der Waals surface area contributed by atoms with E-state index in [1.807, 2.05) is 13.8 Å². The number of Topliss-reactive ketones (excluding diaryl/α,β-unsaturated/α-hetero) is 1. The van der Waals surface area contributed by atoms with Gasteiger partial charge < -0.3 is 27.0 Å². The quantitative estimate of drug-likeness (QED) is 0.268. The zero-order valence-corrected chi connectivity index (χ0v) is 16.9. The van der Waals surface area contributed by atoms with Crippen LogP contribution in [0.2, 0.25) is 0 Å². The SMILES string of the molecule is CC(C)CC(N)C(N)C(CCC(=O)C=[N+]=[N-])C(=O)O.CCN(CC)CC. The fraction of sp³-hybridized carbons (Fsp3) is 0.833. The molecule has 0 amide bonds. The van der Waals surface area contributed by atoms with Gasteiger partial charge in [0, 0.05) is 18.5 Å². The zero-order chi connectivity index (χ0) is 20.7. The topological polar surface area (TPSA) is 146 Å². The maximum absolute atomic E-state index is 11.2. The molecular weight excluding hydrogens is 334 g/mol. The van der Waals surface area contributed by atoms with E-state index >= 15 is 0 Å².